The predicted molar refractivity (Wildman–Crippen MR) is 59.3 cm³/mol. The van der Waals surface area contributed by atoms with Crippen molar-refractivity contribution in [3.8, 4) is 5.75 Å². The maximum Gasteiger partial charge on any atom is 0.135 e. The van der Waals surface area contributed by atoms with Crippen LogP contribution >= 0.6 is 15.9 Å². The lowest BCUT2D eigenvalue weighted by Gasteiger charge is -2.16. The first kappa shape index (κ1) is 11.5. The van der Waals surface area contributed by atoms with E-state index >= 15 is 0 Å². The Hall–Kier alpha value is -0.580. The zero-order chi connectivity index (χ0) is 10.9. The molecule has 4 heteroatoms. The van der Waals surface area contributed by atoms with E-state index in [4.69, 9.17) is 10.8 Å². The number of rotatable bonds is 2. The van der Waals surface area contributed by atoms with Crippen LogP contribution in [0.1, 0.15) is 22.7 Å². The summed E-state index contributed by atoms with van der Waals surface area (Å²) in [5.74, 6) is 0.129. The van der Waals surface area contributed by atoms with Gasteiger partial charge in [0.15, 0.2) is 0 Å². The molecule has 0 aliphatic rings. The highest BCUT2D eigenvalue weighted by atomic mass is 79.9. The predicted octanol–water partition coefficient (Wildman–Crippen LogP) is 1.76. The van der Waals surface area contributed by atoms with Gasteiger partial charge in [-0.15, -0.1) is 0 Å². The third kappa shape index (κ3) is 1.92. The van der Waals surface area contributed by atoms with E-state index in [-0.39, 0.29) is 12.4 Å². The molecule has 0 spiro atoms. The second-order valence-corrected chi connectivity index (χ2v) is 4.17. The third-order valence-corrected chi connectivity index (χ3v) is 3.24. The quantitative estimate of drug-likeness (QED) is 0.759. The molecule has 3 nitrogen and oxygen atoms in total. The van der Waals surface area contributed by atoms with Gasteiger partial charge < -0.3 is 15.9 Å². The number of halogens is 1. The van der Waals surface area contributed by atoms with E-state index in [1.54, 1.807) is 0 Å². The van der Waals surface area contributed by atoms with E-state index in [0.717, 1.165) is 11.1 Å². The molecule has 0 aliphatic heterocycles. The standard InChI is InChI=1S/C10H14BrNO2/c1-5-3-6(2)9(11)10(14)8(5)7(12)4-13/h3,7,13-14H,4,12H2,1-2H3. The maximum atomic E-state index is 9.82. The summed E-state index contributed by atoms with van der Waals surface area (Å²) in [7, 11) is 0. The van der Waals surface area contributed by atoms with E-state index in [9.17, 15) is 5.11 Å². The molecule has 1 aromatic rings. The van der Waals surface area contributed by atoms with E-state index < -0.39 is 6.04 Å². The van der Waals surface area contributed by atoms with Gasteiger partial charge in [0.1, 0.15) is 5.75 Å². The number of aryl methyl sites for hydroxylation is 2. The van der Waals surface area contributed by atoms with Crippen LogP contribution in [0.15, 0.2) is 10.5 Å². The van der Waals surface area contributed by atoms with E-state index in [1.165, 1.54) is 0 Å². The van der Waals surface area contributed by atoms with Crippen LogP contribution in [-0.4, -0.2) is 16.8 Å². The van der Waals surface area contributed by atoms with Crippen molar-refractivity contribution in [1.29, 1.82) is 0 Å². The SMILES string of the molecule is Cc1cc(C)c(C(N)CO)c(O)c1Br. The van der Waals surface area contributed by atoms with Gasteiger partial charge in [-0.2, -0.15) is 0 Å². The van der Waals surface area contributed by atoms with Crippen molar-refractivity contribution in [3.05, 3.63) is 27.2 Å². The van der Waals surface area contributed by atoms with Gasteiger partial charge in [-0.25, -0.2) is 0 Å². The summed E-state index contributed by atoms with van der Waals surface area (Å²) in [6.07, 6.45) is 0. The molecule has 1 rings (SSSR count). The molecule has 0 fully saturated rings. The van der Waals surface area contributed by atoms with Crippen molar-refractivity contribution in [3.63, 3.8) is 0 Å². The highest BCUT2D eigenvalue weighted by molar-refractivity contribution is 9.10. The van der Waals surface area contributed by atoms with Gasteiger partial charge in [0.25, 0.3) is 0 Å². The van der Waals surface area contributed by atoms with Gasteiger partial charge in [-0.1, -0.05) is 6.07 Å². The number of hydrogen-bond donors (Lipinski definition) is 3. The van der Waals surface area contributed by atoms with Crippen LogP contribution < -0.4 is 5.73 Å². The van der Waals surface area contributed by atoms with Crippen molar-refractivity contribution in [2.75, 3.05) is 6.61 Å². The van der Waals surface area contributed by atoms with Crippen molar-refractivity contribution >= 4 is 15.9 Å². The maximum absolute atomic E-state index is 9.82. The van der Waals surface area contributed by atoms with Crippen molar-refractivity contribution in [2.24, 2.45) is 5.73 Å². The Labute approximate surface area is 91.7 Å². The average molecular weight is 260 g/mol. The summed E-state index contributed by atoms with van der Waals surface area (Å²) in [5.41, 5.74) is 8.13. The first-order chi connectivity index (χ1) is 6.49. The second kappa shape index (κ2) is 4.29. The lowest BCUT2D eigenvalue weighted by molar-refractivity contribution is 0.264. The number of aromatic hydroxyl groups is 1. The van der Waals surface area contributed by atoms with Crippen LogP contribution in [0.2, 0.25) is 0 Å². The number of phenols is 1. The lowest BCUT2D eigenvalue weighted by atomic mass is 9.99. The molecular weight excluding hydrogens is 246 g/mol. The topological polar surface area (TPSA) is 66.5 Å². The molecule has 0 radical (unpaired) electrons. The summed E-state index contributed by atoms with van der Waals surface area (Å²) in [4.78, 5) is 0. The Bertz CT molecular complexity index is 352. The Morgan fingerprint density at radius 2 is 2.00 bits per heavy atom. The Kier molecular flexibility index (Phi) is 3.53. The molecule has 0 amide bonds. The van der Waals surface area contributed by atoms with Crippen LogP contribution in [0.25, 0.3) is 0 Å². The van der Waals surface area contributed by atoms with Crippen molar-refractivity contribution < 1.29 is 10.2 Å². The molecule has 1 aromatic carbocycles. The monoisotopic (exact) mass is 259 g/mol. The molecule has 0 bridgehead atoms. The minimum Gasteiger partial charge on any atom is -0.506 e. The summed E-state index contributed by atoms with van der Waals surface area (Å²) in [5, 5.41) is 18.8. The molecule has 14 heavy (non-hydrogen) atoms. The molecular formula is C10H14BrNO2. The Balaban J connectivity index is 3.36. The summed E-state index contributed by atoms with van der Waals surface area (Å²) in [6.45, 7) is 3.58. The molecule has 4 N–H and O–H groups in total. The summed E-state index contributed by atoms with van der Waals surface area (Å²) in [6, 6.07) is 1.39. The Morgan fingerprint density at radius 1 is 1.43 bits per heavy atom. The molecule has 1 unspecified atom stereocenters. The Morgan fingerprint density at radius 3 is 2.50 bits per heavy atom. The fraction of sp³-hybridized carbons (Fsp3) is 0.400. The molecule has 78 valence electrons. The number of aliphatic hydroxyl groups is 1. The van der Waals surface area contributed by atoms with Crippen LogP contribution in [-0.2, 0) is 0 Å². The number of nitrogens with two attached hydrogens (primary N) is 1. The molecule has 0 heterocycles. The van der Waals surface area contributed by atoms with Crippen LogP contribution in [0.3, 0.4) is 0 Å². The van der Waals surface area contributed by atoms with Crippen LogP contribution in [0, 0.1) is 13.8 Å². The fourth-order valence-corrected chi connectivity index (χ4v) is 1.85. The van der Waals surface area contributed by atoms with Crippen molar-refractivity contribution in [1.82, 2.24) is 0 Å². The average Bonchev–Trinajstić information content (AvgIpc) is 2.14. The summed E-state index contributed by atoms with van der Waals surface area (Å²) >= 11 is 3.27. The number of aliphatic hydroxyl groups excluding tert-OH is 1. The van der Waals surface area contributed by atoms with Gasteiger partial charge in [0, 0.05) is 5.56 Å². The van der Waals surface area contributed by atoms with Gasteiger partial charge in [0.2, 0.25) is 0 Å². The first-order valence-electron chi connectivity index (χ1n) is 4.34. The molecule has 1 atom stereocenters. The van der Waals surface area contributed by atoms with Crippen LogP contribution in [0.5, 0.6) is 5.75 Å². The third-order valence-electron chi connectivity index (χ3n) is 2.23. The van der Waals surface area contributed by atoms with Gasteiger partial charge >= 0.3 is 0 Å². The van der Waals surface area contributed by atoms with Crippen LogP contribution in [0.4, 0.5) is 0 Å². The minimum atomic E-state index is -0.535. The number of phenolic OH excluding ortho intramolecular Hbond substituents is 1. The fourth-order valence-electron chi connectivity index (χ4n) is 1.52. The summed E-state index contributed by atoms with van der Waals surface area (Å²) < 4.78 is 0.641. The van der Waals surface area contributed by atoms with E-state index in [0.29, 0.717) is 10.0 Å². The second-order valence-electron chi connectivity index (χ2n) is 3.38. The van der Waals surface area contributed by atoms with Crippen molar-refractivity contribution in [2.45, 2.75) is 19.9 Å². The molecule has 0 aliphatic carbocycles. The molecule has 0 saturated heterocycles. The zero-order valence-electron chi connectivity index (χ0n) is 8.21. The lowest BCUT2D eigenvalue weighted by Crippen LogP contribution is -2.16. The number of benzene rings is 1. The minimum absolute atomic E-state index is 0.129. The molecule has 0 aromatic heterocycles. The number of hydrogen-bond acceptors (Lipinski definition) is 3. The van der Waals surface area contributed by atoms with Gasteiger partial charge in [0.05, 0.1) is 17.1 Å². The largest absolute Gasteiger partial charge is 0.506 e. The highest BCUT2D eigenvalue weighted by Crippen LogP contribution is 2.36. The normalized spacial score (nSPS) is 12.9. The smallest absolute Gasteiger partial charge is 0.135 e. The van der Waals surface area contributed by atoms with E-state index in [1.807, 2.05) is 19.9 Å². The van der Waals surface area contributed by atoms with Gasteiger partial charge in [-0.3, -0.25) is 0 Å². The first-order valence-corrected chi connectivity index (χ1v) is 5.13. The van der Waals surface area contributed by atoms with E-state index in [2.05, 4.69) is 15.9 Å². The molecule has 0 saturated carbocycles. The van der Waals surface area contributed by atoms with Gasteiger partial charge in [-0.05, 0) is 40.9 Å². The highest BCUT2D eigenvalue weighted by Gasteiger charge is 2.16. The zero-order valence-corrected chi connectivity index (χ0v) is 9.80.